The van der Waals surface area contributed by atoms with Crippen LogP contribution in [0.4, 0.5) is 14.5 Å². The Balaban J connectivity index is 2.24. The number of hydrogen-bond acceptors (Lipinski definition) is 3. The molecule has 0 heterocycles. The minimum absolute atomic E-state index is 0.144. The quantitative estimate of drug-likeness (QED) is 0.888. The molecule has 2 aromatic rings. The largest absolute Gasteiger partial charge is 0.494 e. The van der Waals surface area contributed by atoms with Crippen LogP contribution in [-0.4, -0.2) is 13.7 Å². The molecule has 0 fully saturated rings. The molecule has 1 atom stereocenters. The predicted molar refractivity (Wildman–Crippen MR) is 79.5 cm³/mol. The maximum atomic E-state index is 13.6. The van der Waals surface area contributed by atoms with Gasteiger partial charge in [0, 0.05) is 18.3 Å². The second-order valence-electron chi connectivity index (χ2n) is 4.79. The van der Waals surface area contributed by atoms with Crippen molar-refractivity contribution in [3.63, 3.8) is 0 Å². The molecule has 0 aliphatic carbocycles. The van der Waals surface area contributed by atoms with Crippen molar-refractivity contribution in [1.29, 1.82) is 0 Å². The summed E-state index contributed by atoms with van der Waals surface area (Å²) in [5.74, 6) is -0.566. The average Bonchev–Trinajstić information content (AvgIpc) is 2.49. The number of methoxy groups -OCH3 is 1. The van der Waals surface area contributed by atoms with Crippen molar-refractivity contribution in [2.45, 2.75) is 13.0 Å². The normalized spacial score (nSPS) is 12.0. The summed E-state index contributed by atoms with van der Waals surface area (Å²) >= 11 is 0. The summed E-state index contributed by atoms with van der Waals surface area (Å²) in [6.45, 7) is 1.98. The maximum Gasteiger partial charge on any atom is 0.165 e. The molecule has 2 aromatic carbocycles. The highest BCUT2D eigenvalue weighted by molar-refractivity contribution is 5.50. The van der Waals surface area contributed by atoms with Crippen molar-refractivity contribution in [2.24, 2.45) is 5.73 Å². The summed E-state index contributed by atoms with van der Waals surface area (Å²) in [5, 5.41) is 3.16. The second kappa shape index (κ2) is 6.54. The zero-order valence-electron chi connectivity index (χ0n) is 12.0. The van der Waals surface area contributed by atoms with Crippen molar-refractivity contribution >= 4 is 5.69 Å². The van der Waals surface area contributed by atoms with Crippen LogP contribution in [-0.2, 0) is 0 Å². The van der Waals surface area contributed by atoms with Gasteiger partial charge in [0.25, 0.3) is 0 Å². The molecule has 3 nitrogen and oxygen atoms in total. The van der Waals surface area contributed by atoms with Crippen LogP contribution in [0.5, 0.6) is 5.75 Å². The van der Waals surface area contributed by atoms with Crippen LogP contribution in [0.25, 0.3) is 0 Å². The Kier molecular flexibility index (Phi) is 4.75. The third-order valence-electron chi connectivity index (χ3n) is 3.33. The van der Waals surface area contributed by atoms with Gasteiger partial charge in [-0.05, 0) is 36.2 Å². The minimum Gasteiger partial charge on any atom is -0.494 e. The van der Waals surface area contributed by atoms with E-state index in [2.05, 4.69) is 5.32 Å². The Hall–Kier alpha value is -2.14. The second-order valence-corrected chi connectivity index (χ2v) is 4.79. The number of anilines is 1. The molecule has 5 heteroatoms. The van der Waals surface area contributed by atoms with Crippen LogP contribution in [0, 0.1) is 18.6 Å². The Morgan fingerprint density at radius 1 is 1.14 bits per heavy atom. The van der Waals surface area contributed by atoms with E-state index in [1.165, 1.54) is 19.2 Å². The molecule has 0 bridgehead atoms. The number of halogens is 2. The molecule has 0 aliphatic heterocycles. The van der Waals surface area contributed by atoms with E-state index in [0.29, 0.717) is 11.3 Å². The Morgan fingerprint density at radius 3 is 2.52 bits per heavy atom. The van der Waals surface area contributed by atoms with Crippen molar-refractivity contribution in [3.05, 3.63) is 59.2 Å². The van der Waals surface area contributed by atoms with Gasteiger partial charge in [0.2, 0.25) is 0 Å². The van der Waals surface area contributed by atoms with Crippen molar-refractivity contribution in [3.8, 4) is 5.75 Å². The van der Waals surface area contributed by atoms with Crippen molar-refractivity contribution < 1.29 is 13.5 Å². The van der Waals surface area contributed by atoms with E-state index in [0.717, 1.165) is 5.56 Å². The smallest absolute Gasteiger partial charge is 0.165 e. The number of aryl methyl sites for hydroxylation is 1. The summed E-state index contributed by atoms with van der Waals surface area (Å²) in [6.07, 6.45) is 0. The Bertz CT molecular complexity index is 632. The van der Waals surface area contributed by atoms with E-state index in [9.17, 15) is 8.78 Å². The number of nitrogens with two attached hydrogens (primary N) is 1. The van der Waals surface area contributed by atoms with Gasteiger partial charge in [-0.25, -0.2) is 8.78 Å². The number of benzene rings is 2. The fraction of sp³-hybridized carbons (Fsp3) is 0.250. The Labute approximate surface area is 122 Å². The van der Waals surface area contributed by atoms with Gasteiger partial charge in [-0.2, -0.15) is 0 Å². The molecule has 1 unspecified atom stereocenters. The fourth-order valence-electron chi connectivity index (χ4n) is 2.05. The van der Waals surface area contributed by atoms with E-state index in [-0.39, 0.29) is 24.2 Å². The highest BCUT2D eigenvalue weighted by Crippen LogP contribution is 2.25. The van der Waals surface area contributed by atoms with Gasteiger partial charge in [-0.1, -0.05) is 12.1 Å². The number of nitrogens with one attached hydrogen (secondary N) is 1. The van der Waals surface area contributed by atoms with Crippen molar-refractivity contribution in [2.75, 3.05) is 19.0 Å². The molecule has 112 valence electrons. The first-order valence-electron chi connectivity index (χ1n) is 6.61. The minimum atomic E-state index is -0.436. The lowest BCUT2D eigenvalue weighted by molar-refractivity contribution is 0.386. The van der Waals surface area contributed by atoms with Crippen LogP contribution in [0.15, 0.2) is 36.4 Å². The Morgan fingerprint density at radius 2 is 1.90 bits per heavy atom. The lowest BCUT2D eigenvalue weighted by atomic mass is 10.0. The molecule has 21 heavy (non-hydrogen) atoms. The standard InChI is InChI=1S/C16H18F2N2O/c1-10-3-4-11(7-14(10)18)15(9-19)20-12-5-6-13(17)16(8-12)21-2/h3-8,15,20H,9,19H2,1-2H3. The molecule has 0 saturated carbocycles. The van der Waals surface area contributed by atoms with Crippen LogP contribution in [0.2, 0.25) is 0 Å². The van der Waals surface area contributed by atoms with Gasteiger partial charge in [0.15, 0.2) is 11.6 Å². The summed E-state index contributed by atoms with van der Waals surface area (Å²) in [7, 11) is 1.40. The zero-order valence-corrected chi connectivity index (χ0v) is 12.0. The molecular formula is C16H18F2N2O. The van der Waals surface area contributed by atoms with E-state index in [4.69, 9.17) is 10.5 Å². The highest BCUT2D eigenvalue weighted by Gasteiger charge is 2.12. The first-order valence-corrected chi connectivity index (χ1v) is 6.61. The van der Waals surface area contributed by atoms with Crippen LogP contribution in [0.3, 0.4) is 0 Å². The molecule has 0 radical (unpaired) electrons. The fourth-order valence-corrected chi connectivity index (χ4v) is 2.05. The molecule has 0 saturated heterocycles. The molecule has 0 aromatic heterocycles. The topological polar surface area (TPSA) is 47.3 Å². The van der Waals surface area contributed by atoms with Gasteiger partial charge in [0.05, 0.1) is 13.2 Å². The maximum absolute atomic E-state index is 13.6. The third kappa shape index (κ3) is 3.49. The number of ether oxygens (including phenoxy) is 1. The number of hydrogen-bond donors (Lipinski definition) is 2. The molecule has 3 N–H and O–H groups in total. The lowest BCUT2D eigenvalue weighted by Crippen LogP contribution is -2.20. The average molecular weight is 292 g/mol. The zero-order chi connectivity index (χ0) is 15.4. The van der Waals surface area contributed by atoms with Crippen LogP contribution >= 0.6 is 0 Å². The van der Waals surface area contributed by atoms with Crippen LogP contribution < -0.4 is 15.8 Å². The van der Waals surface area contributed by atoms with E-state index in [1.807, 2.05) is 6.07 Å². The lowest BCUT2D eigenvalue weighted by Gasteiger charge is -2.19. The molecule has 0 amide bonds. The van der Waals surface area contributed by atoms with E-state index < -0.39 is 5.82 Å². The third-order valence-corrected chi connectivity index (χ3v) is 3.33. The van der Waals surface area contributed by atoms with E-state index >= 15 is 0 Å². The summed E-state index contributed by atoms with van der Waals surface area (Å²) < 4.78 is 32.0. The first-order chi connectivity index (χ1) is 10.0. The van der Waals surface area contributed by atoms with Crippen molar-refractivity contribution in [1.82, 2.24) is 0 Å². The predicted octanol–water partition coefficient (Wildman–Crippen LogP) is 3.39. The van der Waals surface area contributed by atoms with Gasteiger partial charge in [0.1, 0.15) is 5.82 Å². The summed E-state index contributed by atoms with van der Waals surface area (Å²) in [5.41, 5.74) is 7.73. The van der Waals surface area contributed by atoms with Gasteiger partial charge < -0.3 is 15.8 Å². The monoisotopic (exact) mass is 292 g/mol. The van der Waals surface area contributed by atoms with E-state index in [1.54, 1.807) is 25.1 Å². The molecule has 2 rings (SSSR count). The van der Waals surface area contributed by atoms with Crippen LogP contribution in [0.1, 0.15) is 17.2 Å². The van der Waals surface area contributed by atoms with Gasteiger partial charge in [-0.3, -0.25) is 0 Å². The molecule has 0 spiro atoms. The number of rotatable bonds is 5. The van der Waals surface area contributed by atoms with Gasteiger partial charge >= 0.3 is 0 Å². The SMILES string of the molecule is COc1cc(NC(CN)c2ccc(C)c(F)c2)ccc1F. The molecule has 0 aliphatic rings. The molecular weight excluding hydrogens is 274 g/mol. The highest BCUT2D eigenvalue weighted by atomic mass is 19.1. The first kappa shape index (κ1) is 15.3. The van der Waals surface area contributed by atoms with Gasteiger partial charge in [-0.15, -0.1) is 0 Å². The summed E-state index contributed by atoms with van der Waals surface area (Å²) in [4.78, 5) is 0. The summed E-state index contributed by atoms with van der Waals surface area (Å²) in [6, 6.07) is 9.16.